The van der Waals surface area contributed by atoms with Crippen LogP contribution in [0.25, 0.3) is 0 Å². The molecule has 26 nitrogen and oxygen atoms in total. The number of carbonyl (C=O) groups is 5. The molecule has 27 heteroatoms. The quantitative estimate of drug-likeness (QED) is 0.0282. The van der Waals surface area contributed by atoms with E-state index in [1.807, 2.05) is 4.98 Å². The zero-order valence-electron chi connectivity index (χ0n) is 40.4. The van der Waals surface area contributed by atoms with Gasteiger partial charge in [-0.1, -0.05) is 78.1 Å². The lowest BCUT2D eigenvalue weighted by molar-refractivity contribution is -0.230. The predicted octanol–water partition coefficient (Wildman–Crippen LogP) is -0.585. The standard InChI is InChI=1S/C44H71N5O21S/c1-5-6-7-8-9-10-11-12-13-14-15-16-25(65-30(53)20-24(2)19-29(51)52)21-31(54)66-27-23-47(3)33(40(58)48(4)32(27)42(59)60)37(69-43-39(70-71(62,63)64)34(55)26(22-45)67-43)38-35(56)36(57)41(68-38)49-18-17-28(50)46-44(49)61/h17-18,24-27,32-39,41,43,55-57H,5-16,19-23,45H2,1-4H3,(H,51,52)(H,59,60)(H,46,50,61)(H,62,63,64)/t24?,25?,26-,27?,32?,33?,34+,35+,36-,37?,38+,39+,41-,43+/m1/s1. The van der Waals surface area contributed by atoms with Crippen molar-refractivity contribution in [3.8, 4) is 0 Å². The molecule has 404 valence electrons. The van der Waals surface area contributed by atoms with Crippen LogP contribution in [0, 0.1) is 5.92 Å². The minimum Gasteiger partial charge on any atom is -0.481 e. The molecule has 1 amide bonds. The van der Waals surface area contributed by atoms with E-state index in [1.54, 1.807) is 6.92 Å². The average molecular weight is 1040 g/mol. The number of carboxylic acid groups (broad SMARTS) is 2. The summed E-state index contributed by atoms with van der Waals surface area (Å²) in [6.07, 6.45) is -8.76. The van der Waals surface area contributed by atoms with E-state index in [9.17, 15) is 72.1 Å². The Morgan fingerprint density at radius 2 is 1.49 bits per heavy atom. The summed E-state index contributed by atoms with van der Waals surface area (Å²) in [6, 6.07) is -2.88. The van der Waals surface area contributed by atoms with Gasteiger partial charge in [0.1, 0.15) is 54.9 Å². The minimum atomic E-state index is -5.37. The van der Waals surface area contributed by atoms with Crippen LogP contribution in [0.15, 0.2) is 21.9 Å². The maximum Gasteiger partial charge on any atom is 0.397 e. The lowest BCUT2D eigenvalue weighted by Crippen LogP contribution is -2.60. The number of H-pyrrole nitrogens is 1. The molecule has 0 radical (unpaired) electrons. The molecule has 6 unspecified atom stereocenters. The predicted molar refractivity (Wildman–Crippen MR) is 244 cm³/mol. The third kappa shape index (κ3) is 17.1. The highest BCUT2D eigenvalue weighted by atomic mass is 32.3. The highest BCUT2D eigenvalue weighted by molar-refractivity contribution is 7.80. The summed E-state index contributed by atoms with van der Waals surface area (Å²) >= 11 is 0. The van der Waals surface area contributed by atoms with Crippen molar-refractivity contribution in [3.63, 3.8) is 0 Å². The van der Waals surface area contributed by atoms with Crippen molar-refractivity contribution in [2.75, 3.05) is 27.2 Å². The van der Waals surface area contributed by atoms with E-state index in [-0.39, 0.29) is 19.3 Å². The van der Waals surface area contributed by atoms with E-state index in [0.717, 1.165) is 62.7 Å². The van der Waals surface area contributed by atoms with Crippen molar-refractivity contribution < 1.29 is 90.3 Å². The third-order valence-electron chi connectivity index (χ3n) is 12.8. The van der Waals surface area contributed by atoms with Gasteiger partial charge in [-0.25, -0.2) is 13.8 Å². The summed E-state index contributed by atoms with van der Waals surface area (Å²) in [5, 5.41) is 53.4. The molecule has 14 atom stereocenters. The van der Waals surface area contributed by atoms with Crippen LogP contribution in [0.2, 0.25) is 0 Å². The molecule has 3 aliphatic heterocycles. The van der Waals surface area contributed by atoms with Crippen LogP contribution in [0.5, 0.6) is 0 Å². The van der Waals surface area contributed by atoms with Crippen LogP contribution < -0.4 is 17.0 Å². The number of esters is 2. The maximum absolute atomic E-state index is 14.7. The fourth-order valence-electron chi connectivity index (χ4n) is 9.18. The number of aromatic nitrogens is 2. The molecule has 0 aromatic carbocycles. The number of aliphatic carboxylic acids is 2. The van der Waals surface area contributed by atoms with Gasteiger partial charge in [-0.2, -0.15) is 8.42 Å². The number of aliphatic hydroxyl groups excluding tert-OH is 3. The topological polar surface area (TPSA) is 384 Å². The van der Waals surface area contributed by atoms with Crippen LogP contribution in [-0.4, -0.2) is 188 Å². The molecule has 1 aromatic rings. The summed E-state index contributed by atoms with van der Waals surface area (Å²) in [5.74, 6) is -6.26. The van der Waals surface area contributed by atoms with Gasteiger partial charge < -0.3 is 59.9 Å². The first-order valence-electron chi connectivity index (χ1n) is 24.0. The molecular formula is C44H71N5O21S. The summed E-state index contributed by atoms with van der Waals surface area (Å²) in [6.45, 7) is 2.64. The number of nitrogens with one attached hydrogen (secondary N) is 1. The Morgan fingerprint density at radius 3 is 2.06 bits per heavy atom. The number of unbranched alkanes of at least 4 members (excludes halogenated alkanes) is 10. The molecule has 9 N–H and O–H groups in total. The highest BCUT2D eigenvalue weighted by Crippen LogP contribution is 2.37. The molecule has 0 bridgehead atoms. The number of carboxylic acids is 2. The van der Waals surface area contributed by atoms with Crippen LogP contribution in [-0.2, 0) is 62.2 Å². The number of ether oxygens (including phenoxy) is 5. The van der Waals surface area contributed by atoms with Crippen molar-refractivity contribution in [1.29, 1.82) is 0 Å². The summed E-state index contributed by atoms with van der Waals surface area (Å²) in [4.78, 5) is 94.3. The van der Waals surface area contributed by atoms with Crippen molar-refractivity contribution in [2.24, 2.45) is 11.7 Å². The normalized spacial score (nSPS) is 28.5. The highest BCUT2D eigenvalue weighted by Gasteiger charge is 2.58. The minimum absolute atomic E-state index is 0.213. The molecule has 3 aliphatic rings. The van der Waals surface area contributed by atoms with Gasteiger partial charge in [-0.15, -0.1) is 0 Å². The summed E-state index contributed by atoms with van der Waals surface area (Å²) in [7, 11) is -3.06. The lowest BCUT2D eigenvalue weighted by Gasteiger charge is -2.38. The average Bonchev–Trinajstić information content (AvgIpc) is 3.69. The number of carbonyl (C=O) groups excluding carboxylic acids is 3. The zero-order valence-corrected chi connectivity index (χ0v) is 41.2. The number of hydrogen-bond donors (Lipinski definition) is 8. The third-order valence-corrected chi connectivity index (χ3v) is 13.3. The van der Waals surface area contributed by atoms with E-state index in [2.05, 4.69) is 11.1 Å². The van der Waals surface area contributed by atoms with Crippen molar-refractivity contribution in [3.05, 3.63) is 33.1 Å². The van der Waals surface area contributed by atoms with Gasteiger partial charge in [0, 0.05) is 45.2 Å². The SMILES string of the molecule is CCCCCCCCCCCCCC(CC(=O)OC1CN(C)C(C(O[C@@H]2O[C@H](CN)[C@H](O)[C@@H]2OS(=O)(=O)O)[C@H]2O[C@@H](n3ccc(=O)[nH]c3=O)[C@H](O)[C@@H]2O)C(=O)N(C)C1C(=O)O)OC(=O)CC(C)CC(=O)O. The molecule has 3 fully saturated rings. The van der Waals surface area contributed by atoms with E-state index < -0.39 is 156 Å². The van der Waals surface area contributed by atoms with Crippen molar-refractivity contribution >= 4 is 40.2 Å². The number of aliphatic hydroxyl groups is 3. The molecule has 0 saturated carbocycles. The number of aromatic amines is 1. The number of rotatable bonds is 29. The van der Waals surface area contributed by atoms with Crippen molar-refractivity contribution in [2.45, 2.75) is 190 Å². The molecule has 3 saturated heterocycles. The maximum atomic E-state index is 14.7. The first kappa shape index (κ1) is 59.1. The van der Waals surface area contributed by atoms with Gasteiger partial charge in [-0.3, -0.25) is 43.0 Å². The Balaban J connectivity index is 1.62. The molecule has 71 heavy (non-hydrogen) atoms. The van der Waals surface area contributed by atoms with Gasteiger partial charge >= 0.3 is 40.0 Å². The summed E-state index contributed by atoms with van der Waals surface area (Å²) < 4.78 is 68.1. The number of hydrogen-bond acceptors (Lipinski definition) is 20. The Hall–Kier alpha value is -4.42. The van der Waals surface area contributed by atoms with E-state index in [1.165, 1.54) is 32.7 Å². The number of nitrogens with two attached hydrogens (primary N) is 1. The molecule has 1 aromatic heterocycles. The van der Waals surface area contributed by atoms with Crippen LogP contribution in [0.3, 0.4) is 0 Å². The zero-order chi connectivity index (χ0) is 52.7. The first-order chi connectivity index (χ1) is 33.5. The Kier molecular flexibility index (Phi) is 23.0. The Labute approximate surface area is 410 Å². The second-order valence-corrected chi connectivity index (χ2v) is 19.6. The van der Waals surface area contributed by atoms with Gasteiger partial charge in [0.15, 0.2) is 24.7 Å². The second-order valence-electron chi connectivity index (χ2n) is 18.5. The molecular weight excluding hydrogens is 967 g/mol. The largest absolute Gasteiger partial charge is 0.481 e. The Bertz CT molecular complexity index is 2160. The van der Waals surface area contributed by atoms with Gasteiger partial charge in [-0.05, 0) is 25.8 Å². The van der Waals surface area contributed by atoms with E-state index >= 15 is 0 Å². The summed E-state index contributed by atoms with van der Waals surface area (Å²) in [5.41, 5.74) is 3.80. The number of nitrogens with zero attached hydrogens (tertiary/aromatic N) is 3. The molecule has 0 spiro atoms. The van der Waals surface area contributed by atoms with Crippen molar-refractivity contribution in [1.82, 2.24) is 19.4 Å². The smallest absolute Gasteiger partial charge is 0.397 e. The van der Waals surface area contributed by atoms with Crippen LogP contribution in [0.1, 0.15) is 116 Å². The van der Waals surface area contributed by atoms with Crippen LogP contribution >= 0.6 is 0 Å². The fraction of sp³-hybridized carbons (Fsp3) is 0.795. The van der Waals surface area contributed by atoms with Gasteiger partial charge in [0.05, 0.1) is 6.42 Å². The monoisotopic (exact) mass is 1040 g/mol. The second kappa shape index (κ2) is 27.6. The molecule has 0 aliphatic carbocycles. The van der Waals surface area contributed by atoms with E-state index in [4.69, 9.17) is 29.4 Å². The number of likely N-dealkylation sites (N-methyl/N-ethyl adjacent to an activating group) is 2. The fourth-order valence-corrected chi connectivity index (χ4v) is 9.67. The molecule has 4 rings (SSSR count). The first-order valence-corrected chi connectivity index (χ1v) is 25.3. The van der Waals surface area contributed by atoms with Gasteiger partial charge in [0.25, 0.3) is 5.56 Å². The van der Waals surface area contributed by atoms with Crippen LogP contribution in [0.4, 0.5) is 0 Å². The lowest BCUT2D eigenvalue weighted by atomic mass is 9.97. The molecule has 4 heterocycles. The van der Waals surface area contributed by atoms with E-state index in [0.29, 0.717) is 15.9 Å². The number of amides is 1. The van der Waals surface area contributed by atoms with Gasteiger partial charge in [0.2, 0.25) is 5.91 Å². The Morgan fingerprint density at radius 1 is 0.873 bits per heavy atom.